The minimum atomic E-state index is -0.195. The van der Waals surface area contributed by atoms with Crippen molar-refractivity contribution in [2.75, 3.05) is 26.2 Å². The quantitative estimate of drug-likeness (QED) is 0.863. The lowest BCUT2D eigenvalue weighted by molar-refractivity contribution is -0.00724. The first-order chi connectivity index (χ1) is 9.99. The van der Waals surface area contributed by atoms with Crippen molar-refractivity contribution in [2.24, 2.45) is 5.41 Å². The van der Waals surface area contributed by atoms with Crippen molar-refractivity contribution >= 4 is 5.91 Å². The summed E-state index contributed by atoms with van der Waals surface area (Å²) in [5, 5.41) is 3.42. The molecule has 114 valence electrons. The van der Waals surface area contributed by atoms with Crippen molar-refractivity contribution in [3.63, 3.8) is 0 Å². The molecule has 1 amide bonds. The Bertz CT molecular complexity index is 592. The minimum Gasteiger partial charge on any atom is -0.337 e. The number of H-pyrrole nitrogens is 1. The van der Waals surface area contributed by atoms with E-state index in [1.165, 1.54) is 18.9 Å². The van der Waals surface area contributed by atoms with Gasteiger partial charge in [0, 0.05) is 42.4 Å². The molecule has 0 bridgehead atoms. The van der Waals surface area contributed by atoms with Gasteiger partial charge >= 0.3 is 0 Å². The van der Waals surface area contributed by atoms with Crippen LogP contribution in [0.1, 0.15) is 48.7 Å². The molecule has 2 fully saturated rings. The Balaban J connectivity index is 1.73. The van der Waals surface area contributed by atoms with E-state index in [1.54, 1.807) is 0 Å². The topological polar surface area (TPSA) is 65.2 Å². The number of piperidine rings is 1. The van der Waals surface area contributed by atoms with Crippen LogP contribution in [0.3, 0.4) is 0 Å². The number of aromatic nitrogens is 1. The van der Waals surface area contributed by atoms with Gasteiger partial charge in [0.05, 0.1) is 0 Å². The van der Waals surface area contributed by atoms with Gasteiger partial charge in [-0.3, -0.25) is 9.59 Å². The fourth-order valence-corrected chi connectivity index (χ4v) is 3.39. The SMILES string of the molecule is CC(C)c1cc(C(=O)N2CC3(CCCNC3)C2)cc(=O)[nH]1. The third kappa shape index (κ3) is 2.75. The van der Waals surface area contributed by atoms with Crippen molar-refractivity contribution < 1.29 is 4.79 Å². The zero-order valence-electron chi connectivity index (χ0n) is 12.7. The first kappa shape index (κ1) is 14.3. The second-order valence-corrected chi connectivity index (χ2v) is 6.78. The van der Waals surface area contributed by atoms with Crippen molar-refractivity contribution in [1.29, 1.82) is 0 Å². The maximum absolute atomic E-state index is 12.5. The molecule has 2 aliphatic heterocycles. The molecule has 0 radical (unpaired) electrons. The van der Waals surface area contributed by atoms with Crippen LogP contribution in [0.25, 0.3) is 0 Å². The van der Waals surface area contributed by atoms with Crippen LogP contribution in [0, 0.1) is 5.41 Å². The molecule has 3 heterocycles. The number of likely N-dealkylation sites (tertiary alicyclic amines) is 1. The highest BCUT2D eigenvalue weighted by atomic mass is 16.2. The maximum Gasteiger partial charge on any atom is 0.254 e. The molecule has 1 aromatic heterocycles. The Morgan fingerprint density at radius 3 is 2.71 bits per heavy atom. The minimum absolute atomic E-state index is 0.0146. The van der Waals surface area contributed by atoms with Gasteiger partial charge in [0.15, 0.2) is 0 Å². The summed E-state index contributed by atoms with van der Waals surface area (Å²) < 4.78 is 0. The Kier molecular flexibility index (Phi) is 3.61. The average Bonchev–Trinajstić information content (AvgIpc) is 2.44. The Morgan fingerprint density at radius 1 is 1.33 bits per heavy atom. The van der Waals surface area contributed by atoms with E-state index in [4.69, 9.17) is 0 Å². The van der Waals surface area contributed by atoms with Gasteiger partial charge in [0.1, 0.15) is 0 Å². The zero-order chi connectivity index (χ0) is 15.0. The van der Waals surface area contributed by atoms with E-state index in [2.05, 4.69) is 10.3 Å². The number of pyridine rings is 1. The molecule has 2 N–H and O–H groups in total. The van der Waals surface area contributed by atoms with Gasteiger partial charge in [0.2, 0.25) is 5.56 Å². The van der Waals surface area contributed by atoms with Gasteiger partial charge in [-0.2, -0.15) is 0 Å². The number of nitrogens with one attached hydrogen (secondary N) is 2. The third-order valence-corrected chi connectivity index (χ3v) is 4.63. The predicted molar refractivity (Wildman–Crippen MR) is 81.6 cm³/mol. The highest BCUT2D eigenvalue weighted by molar-refractivity contribution is 5.94. The van der Waals surface area contributed by atoms with Gasteiger partial charge in [-0.25, -0.2) is 0 Å². The first-order valence-electron chi connectivity index (χ1n) is 7.73. The lowest BCUT2D eigenvalue weighted by Gasteiger charge is -2.52. The van der Waals surface area contributed by atoms with Gasteiger partial charge in [-0.05, 0) is 31.4 Å². The summed E-state index contributed by atoms with van der Waals surface area (Å²) in [4.78, 5) is 28.9. The van der Waals surface area contributed by atoms with Crippen molar-refractivity contribution in [3.05, 3.63) is 33.7 Å². The number of aromatic amines is 1. The number of rotatable bonds is 2. The number of hydrogen-bond acceptors (Lipinski definition) is 3. The molecule has 2 saturated heterocycles. The lowest BCUT2D eigenvalue weighted by atomic mass is 9.74. The monoisotopic (exact) mass is 289 g/mol. The molecule has 1 spiro atoms. The highest BCUT2D eigenvalue weighted by Gasteiger charge is 2.45. The normalized spacial score (nSPS) is 20.6. The van der Waals surface area contributed by atoms with E-state index < -0.39 is 0 Å². The largest absolute Gasteiger partial charge is 0.337 e. The van der Waals surface area contributed by atoms with Crippen LogP contribution in [0.4, 0.5) is 0 Å². The van der Waals surface area contributed by atoms with E-state index in [0.29, 0.717) is 5.56 Å². The molecule has 1 aromatic rings. The van der Waals surface area contributed by atoms with Gasteiger partial charge < -0.3 is 15.2 Å². The van der Waals surface area contributed by atoms with Crippen LogP contribution in [0.5, 0.6) is 0 Å². The van der Waals surface area contributed by atoms with Crippen LogP contribution in [0.2, 0.25) is 0 Å². The van der Waals surface area contributed by atoms with Crippen LogP contribution < -0.4 is 10.9 Å². The predicted octanol–water partition coefficient (Wildman–Crippen LogP) is 1.32. The van der Waals surface area contributed by atoms with Gasteiger partial charge in [0.25, 0.3) is 5.91 Å². The summed E-state index contributed by atoms with van der Waals surface area (Å²) in [5.41, 5.74) is 1.41. The van der Waals surface area contributed by atoms with Crippen LogP contribution >= 0.6 is 0 Å². The molecule has 0 aromatic carbocycles. The van der Waals surface area contributed by atoms with E-state index in [-0.39, 0.29) is 22.8 Å². The number of hydrogen-bond donors (Lipinski definition) is 2. The molecule has 21 heavy (non-hydrogen) atoms. The average molecular weight is 289 g/mol. The molecule has 5 nitrogen and oxygen atoms in total. The third-order valence-electron chi connectivity index (χ3n) is 4.63. The number of carbonyl (C=O) groups excluding carboxylic acids is 1. The van der Waals surface area contributed by atoms with E-state index in [1.807, 2.05) is 24.8 Å². The summed E-state index contributed by atoms with van der Waals surface area (Å²) in [6, 6.07) is 3.23. The number of carbonyl (C=O) groups is 1. The Hall–Kier alpha value is -1.62. The lowest BCUT2D eigenvalue weighted by Crippen LogP contribution is -2.63. The van der Waals surface area contributed by atoms with E-state index in [9.17, 15) is 9.59 Å². The second kappa shape index (κ2) is 5.30. The summed E-state index contributed by atoms with van der Waals surface area (Å²) in [5.74, 6) is 0.190. The van der Waals surface area contributed by atoms with Gasteiger partial charge in [-0.15, -0.1) is 0 Å². The summed E-state index contributed by atoms with van der Waals surface area (Å²) in [7, 11) is 0. The Labute approximate surface area is 124 Å². The van der Waals surface area contributed by atoms with Crippen molar-refractivity contribution in [2.45, 2.75) is 32.6 Å². The second-order valence-electron chi connectivity index (χ2n) is 6.78. The summed E-state index contributed by atoms with van der Waals surface area (Å²) in [6.07, 6.45) is 2.38. The molecule has 2 aliphatic rings. The first-order valence-corrected chi connectivity index (χ1v) is 7.73. The van der Waals surface area contributed by atoms with Crippen molar-refractivity contribution in [1.82, 2.24) is 15.2 Å². The van der Waals surface area contributed by atoms with E-state index in [0.717, 1.165) is 31.9 Å². The number of nitrogens with zero attached hydrogens (tertiary/aromatic N) is 1. The molecular formula is C16H23N3O2. The smallest absolute Gasteiger partial charge is 0.254 e. The molecule has 3 rings (SSSR count). The highest BCUT2D eigenvalue weighted by Crippen LogP contribution is 2.37. The van der Waals surface area contributed by atoms with Crippen molar-refractivity contribution in [3.8, 4) is 0 Å². The standard InChI is InChI=1S/C16H23N3O2/c1-11(2)13-6-12(7-14(20)18-13)15(21)19-9-16(10-19)4-3-5-17-8-16/h6-7,11,17H,3-5,8-10H2,1-2H3,(H,18,20). The molecule has 0 atom stereocenters. The molecule has 0 unspecified atom stereocenters. The zero-order valence-corrected chi connectivity index (χ0v) is 12.7. The van der Waals surface area contributed by atoms with Crippen LogP contribution in [-0.2, 0) is 0 Å². The molecule has 0 aliphatic carbocycles. The van der Waals surface area contributed by atoms with Crippen LogP contribution in [-0.4, -0.2) is 42.0 Å². The summed E-state index contributed by atoms with van der Waals surface area (Å²) in [6.45, 7) is 7.72. The van der Waals surface area contributed by atoms with Crippen LogP contribution in [0.15, 0.2) is 16.9 Å². The van der Waals surface area contributed by atoms with E-state index >= 15 is 0 Å². The molecule has 5 heteroatoms. The number of amides is 1. The summed E-state index contributed by atoms with van der Waals surface area (Å²) >= 11 is 0. The molecule has 0 saturated carbocycles. The molecular weight excluding hydrogens is 266 g/mol. The fourth-order valence-electron chi connectivity index (χ4n) is 3.39. The Morgan fingerprint density at radius 2 is 2.10 bits per heavy atom. The maximum atomic E-state index is 12.5. The fraction of sp³-hybridized carbons (Fsp3) is 0.625. The van der Waals surface area contributed by atoms with Gasteiger partial charge in [-0.1, -0.05) is 13.8 Å².